The van der Waals surface area contributed by atoms with Crippen molar-refractivity contribution in [2.75, 3.05) is 7.05 Å². The molecule has 2 rings (SSSR count). The Morgan fingerprint density at radius 1 is 1.67 bits per heavy atom. The first-order valence-corrected chi connectivity index (χ1v) is 7.10. The van der Waals surface area contributed by atoms with Crippen LogP contribution >= 0.6 is 11.3 Å². The van der Waals surface area contributed by atoms with Gasteiger partial charge in [-0.15, -0.1) is 11.3 Å². The Labute approximate surface area is 112 Å². The van der Waals surface area contributed by atoms with Gasteiger partial charge in [0.15, 0.2) is 0 Å². The van der Waals surface area contributed by atoms with Crippen molar-refractivity contribution in [3.8, 4) is 6.07 Å². The van der Waals surface area contributed by atoms with E-state index in [-0.39, 0.29) is 11.9 Å². The van der Waals surface area contributed by atoms with Crippen LogP contribution in [0.3, 0.4) is 0 Å². The first-order chi connectivity index (χ1) is 8.50. The number of rotatable bonds is 3. The van der Waals surface area contributed by atoms with Crippen molar-refractivity contribution in [2.24, 2.45) is 11.3 Å². The van der Waals surface area contributed by atoms with Crippen LogP contribution in [0.2, 0.25) is 0 Å². The second-order valence-electron chi connectivity index (χ2n) is 5.31. The van der Waals surface area contributed by atoms with Gasteiger partial charge in [-0.25, -0.2) is 0 Å². The minimum absolute atomic E-state index is 0.0241. The van der Waals surface area contributed by atoms with Crippen LogP contribution in [-0.2, 0) is 4.79 Å². The lowest BCUT2D eigenvalue weighted by Gasteiger charge is -2.42. The van der Waals surface area contributed by atoms with Gasteiger partial charge in [-0.3, -0.25) is 4.79 Å². The van der Waals surface area contributed by atoms with E-state index in [2.05, 4.69) is 13.0 Å². The lowest BCUT2D eigenvalue weighted by molar-refractivity contribution is -0.145. The molecule has 3 nitrogen and oxygen atoms in total. The zero-order valence-corrected chi connectivity index (χ0v) is 11.8. The van der Waals surface area contributed by atoms with Crippen molar-refractivity contribution in [2.45, 2.75) is 32.7 Å². The minimum Gasteiger partial charge on any atom is -0.337 e. The molecule has 18 heavy (non-hydrogen) atoms. The highest BCUT2D eigenvalue weighted by molar-refractivity contribution is 7.10. The molecule has 96 valence electrons. The van der Waals surface area contributed by atoms with E-state index < -0.39 is 5.41 Å². The summed E-state index contributed by atoms with van der Waals surface area (Å²) in [6.45, 7) is 4.10. The van der Waals surface area contributed by atoms with Gasteiger partial charge < -0.3 is 4.90 Å². The van der Waals surface area contributed by atoms with E-state index >= 15 is 0 Å². The summed E-state index contributed by atoms with van der Waals surface area (Å²) in [4.78, 5) is 15.4. The predicted molar refractivity (Wildman–Crippen MR) is 71.9 cm³/mol. The highest BCUT2D eigenvalue weighted by Crippen LogP contribution is 2.47. The average Bonchev–Trinajstić information content (AvgIpc) is 2.85. The molecule has 1 amide bonds. The van der Waals surface area contributed by atoms with E-state index in [1.165, 1.54) is 0 Å². The molecule has 0 bridgehead atoms. The molecule has 0 aliphatic heterocycles. The number of nitriles is 1. The van der Waals surface area contributed by atoms with Gasteiger partial charge in [-0.1, -0.05) is 13.0 Å². The van der Waals surface area contributed by atoms with Crippen molar-refractivity contribution in [3.63, 3.8) is 0 Å². The molecule has 1 aromatic heterocycles. The van der Waals surface area contributed by atoms with Crippen molar-refractivity contribution >= 4 is 17.2 Å². The van der Waals surface area contributed by atoms with Crippen LogP contribution < -0.4 is 0 Å². The monoisotopic (exact) mass is 262 g/mol. The van der Waals surface area contributed by atoms with Gasteiger partial charge in [-0.05, 0) is 37.1 Å². The molecule has 1 aliphatic carbocycles. The number of carbonyl (C=O) groups is 1. The first-order valence-electron chi connectivity index (χ1n) is 6.22. The SMILES string of the molecule is CC1CC(C#N)(C(=O)N(C)C(C)c2cccs2)C1. The average molecular weight is 262 g/mol. The normalized spacial score (nSPS) is 28.0. The molecule has 0 spiro atoms. The number of hydrogen-bond donors (Lipinski definition) is 0. The maximum absolute atomic E-state index is 12.5. The molecule has 0 radical (unpaired) electrons. The van der Waals surface area contributed by atoms with Crippen molar-refractivity contribution < 1.29 is 4.79 Å². The van der Waals surface area contributed by atoms with E-state index in [9.17, 15) is 10.1 Å². The largest absolute Gasteiger partial charge is 0.337 e. The summed E-state index contributed by atoms with van der Waals surface area (Å²) in [6.07, 6.45) is 1.40. The van der Waals surface area contributed by atoms with Crippen LogP contribution in [0.4, 0.5) is 0 Å². The van der Waals surface area contributed by atoms with Crippen LogP contribution in [0.1, 0.15) is 37.6 Å². The Hall–Kier alpha value is -1.34. The third-order valence-electron chi connectivity index (χ3n) is 3.87. The summed E-state index contributed by atoms with van der Waals surface area (Å²) >= 11 is 1.64. The second-order valence-corrected chi connectivity index (χ2v) is 6.29. The van der Waals surface area contributed by atoms with Crippen LogP contribution in [0.25, 0.3) is 0 Å². The Balaban J connectivity index is 2.12. The van der Waals surface area contributed by atoms with E-state index in [1.807, 2.05) is 24.4 Å². The number of carbonyl (C=O) groups excluding carboxylic acids is 1. The van der Waals surface area contributed by atoms with E-state index in [0.29, 0.717) is 18.8 Å². The Kier molecular flexibility index (Phi) is 3.45. The number of hydrogen-bond acceptors (Lipinski definition) is 3. The van der Waals surface area contributed by atoms with E-state index in [4.69, 9.17) is 0 Å². The summed E-state index contributed by atoms with van der Waals surface area (Å²) in [5, 5.41) is 11.3. The first kappa shape index (κ1) is 13.1. The molecular weight excluding hydrogens is 244 g/mol. The fraction of sp³-hybridized carbons (Fsp3) is 0.571. The molecule has 1 aromatic rings. The zero-order chi connectivity index (χ0) is 13.3. The van der Waals surface area contributed by atoms with Crippen molar-refractivity contribution in [1.82, 2.24) is 4.90 Å². The second kappa shape index (κ2) is 4.74. The number of nitrogens with zero attached hydrogens (tertiary/aromatic N) is 2. The summed E-state index contributed by atoms with van der Waals surface area (Å²) in [5.41, 5.74) is -0.764. The summed E-state index contributed by atoms with van der Waals surface area (Å²) in [7, 11) is 1.80. The molecule has 1 heterocycles. The topological polar surface area (TPSA) is 44.1 Å². The Morgan fingerprint density at radius 2 is 2.33 bits per heavy atom. The fourth-order valence-corrected chi connectivity index (χ4v) is 3.50. The molecule has 0 saturated heterocycles. The molecule has 1 saturated carbocycles. The predicted octanol–water partition coefficient (Wildman–Crippen LogP) is 3.21. The van der Waals surface area contributed by atoms with E-state index in [0.717, 1.165) is 4.88 Å². The smallest absolute Gasteiger partial charge is 0.243 e. The van der Waals surface area contributed by atoms with Crippen LogP contribution in [0, 0.1) is 22.7 Å². The Bertz CT molecular complexity index is 468. The standard InChI is InChI=1S/C14H18N2OS/c1-10-7-14(8-10,9-15)13(17)16(3)11(2)12-5-4-6-18-12/h4-6,10-11H,7-8H2,1-3H3. The fourth-order valence-electron chi connectivity index (χ4n) is 2.68. The molecule has 0 aromatic carbocycles. The Morgan fingerprint density at radius 3 is 2.78 bits per heavy atom. The maximum Gasteiger partial charge on any atom is 0.243 e. The van der Waals surface area contributed by atoms with Crippen molar-refractivity contribution in [3.05, 3.63) is 22.4 Å². The molecule has 1 aliphatic rings. The summed E-state index contributed by atoms with van der Waals surface area (Å²) < 4.78 is 0. The summed E-state index contributed by atoms with van der Waals surface area (Å²) in [6, 6.07) is 6.29. The molecular formula is C14H18N2OS. The molecule has 1 atom stereocenters. The molecule has 1 fully saturated rings. The quantitative estimate of drug-likeness (QED) is 0.839. The van der Waals surface area contributed by atoms with Gasteiger partial charge in [0.2, 0.25) is 5.91 Å². The van der Waals surface area contributed by atoms with Gasteiger partial charge in [-0.2, -0.15) is 5.26 Å². The molecule has 4 heteroatoms. The molecule has 0 N–H and O–H groups in total. The third-order valence-corrected chi connectivity index (χ3v) is 4.92. The van der Waals surface area contributed by atoms with Gasteiger partial charge >= 0.3 is 0 Å². The van der Waals surface area contributed by atoms with Gasteiger partial charge in [0, 0.05) is 11.9 Å². The number of amides is 1. The highest BCUT2D eigenvalue weighted by atomic mass is 32.1. The maximum atomic E-state index is 12.5. The van der Waals surface area contributed by atoms with Crippen LogP contribution in [0.15, 0.2) is 17.5 Å². The lowest BCUT2D eigenvalue weighted by Crippen LogP contribution is -2.49. The lowest BCUT2D eigenvalue weighted by atomic mass is 9.62. The van der Waals surface area contributed by atoms with Gasteiger partial charge in [0.1, 0.15) is 5.41 Å². The third kappa shape index (κ3) is 2.04. The highest BCUT2D eigenvalue weighted by Gasteiger charge is 2.50. The van der Waals surface area contributed by atoms with Crippen LogP contribution in [0.5, 0.6) is 0 Å². The van der Waals surface area contributed by atoms with E-state index in [1.54, 1.807) is 23.3 Å². The molecule has 1 unspecified atom stereocenters. The number of thiophene rings is 1. The minimum atomic E-state index is -0.764. The van der Waals surface area contributed by atoms with Crippen LogP contribution in [-0.4, -0.2) is 17.9 Å². The van der Waals surface area contributed by atoms with Gasteiger partial charge in [0.05, 0.1) is 12.1 Å². The summed E-state index contributed by atoms with van der Waals surface area (Å²) in [5.74, 6) is 0.461. The van der Waals surface area contributed by atoms with Crippen molar-refractivity contribution in [1.29, 1.82) is 5.26 Å². The zero-order valence-electron chi connectivity index (χ0n) is 11.0. The van der Waals surface area contributed by atoms with Gasteiger partial charge in [0.25, 0.3) is 0 Å².